The lowest BCUT2D eigenvalue weighted by Crippen LogP contribution is -2.31. The second kappa shape index (κ2) is 10.4. The molecule has 4 nitrogen and oxygen atoms in total. The summed E-state index contributed by atoms with van der Waals surface area (Å²) >= 11 is 0. The molecule has 0 spiro atoms. The van der Waals surface area contributed by atoms with Gasteiger partial charge in [0.05, 0.1) is 17.7 Å². The minimum absolute atomic E-state index is 0.0388. The normalized spacial score (nSPS) is 13.6. The van der Waals surface area contributed by atoms with Crippen LogP contribution in [0.3, 0.4) is 0 Å². The number of halogens is 6. The van der Waals surface area contributed by atoms with Gasteiger partial charge in [-0.1, -0.05) is 13.0 Å². The average molecular weight is 502 g/mol. The summed E-state index contributed by atoms with van der Waals surface area (Å²) in [5, 5.41) is 9.81. The molecule has 0 aliphatic heterocycles. The van der Waals surface area contributed by atoms with E-state index in [1.165, 1.54) is 5.56 Å². The van der Waals surface area contributed by atoms with Gasteiger partial charge in [-0.3, -0.25) is 4.90 Å². The van der Waals surface area contributed by atoms with Gasteiger partial charge >= 0.3 is 18.4 Å². The van der Waals surface area contributed by atoms with Gasteiger partial charge in [0.25, 0.3) is 0 Å². The Morgan fingerprint density at radius 1 is 0.886 bits per heavy atom. The Morgan fingerprint density at radius 2 is 1.46 bits per heavy atom. The van der Waals surface area contributed by atoms with Crippen LogP contribution in [0.5, 0.6) is 0 Å². The van der Waals surface area contributed by atoms with Gasteiger partial charge in [-0.25, -0.2) is 4.79 Å². The minimum Gasteiger partial charge on any atom is -0.465 e. The van der Waals surface area contributed by atoms with Gasteiger partial charge in [0, 0.05) is 25.3 Å². The molecule has 192 valence electrons. The van der Waals surface area contributed by atoms with Crippen LogP contribution in [0.25, 0.3) is 0 Å². The number of aryl methyl sites for hydroxylation is 2. The molecule has 0 fully saturated rings. The predicted octanol–water partition coefficient (Wildman–Crippen LogP) is 7.13. The summed E-state index contributed by atoms with van der Waals surface area (Å²) in [6.07, 6.45) is -7.83. The number of hydrogen-bond donors (Lipinski definition) is 1. The zero-order valence-electron chi connectivity index (χ0n) is 19.6. The van der Waals surface area contributed by atoms with Crippen molar-refractivity contribution >= 4 is 11.8 Å². The molecule has 0 unspecified atom stereocenters. The molecule has 0 bridgehead atoms. The van der Waals surface area contributed by atoms with Crippen molar-refractivity contribution in [1.29, 1.82) is 0 Å². The van der Waals surface area contributed by atoms with E-state index in [2.05, 4.69) is 4.90 Å². The fourth-order valence-corrected chi connectivity index (χ4v) is 4.53. The predicted molar refractivity (Wildman–Crippen MR) is 120 cm³/mol. The maximum atomic E-state index is 13.3. The van der Waals surface area contributed by atoms with E-state index in [1.807, 2.05) is 26.0 Å². The molecule has 2 aromatic carbocycles. The Morgan fingerprint density at radius 3 is 1.94 bits per heavy atom. The van der Waals surface area contributed by atoms with Crippen LogP contribution in [-0.2, 0) is 38.3 Å². The molecule has 0 atom stereocenters. The first-order chi connectivity index (χ1) is 16.3. The molecule has 3 rings (SSSR count). The molecule has 0 saturated carbocycles. The summed E-state index contributed by atoms with van der Waals surface area (Å²) in [7, 11) is 0. The fraction of sp³-hybridized carbons (Fsp3) is 0.480. The number of carbonyl (C=O) groups is 1. The summed E-state index contributed by atoms with van der Waals surface area (Å²) < 4.78 is 79.5. The van der Waals surface area contributed by atoms with Crippen molar-refractivity contribution in [2.75, 3.05) is 18.0 Å². The van der Waals surface area contributed by atoms with Gasteiger partial charge < -0.3 is 10.0 Å². The lowest BCUT2D eigenvalue weighted by molar-refractivity contribution is -0.143. The highest BCUT2D eigenvalue weighted by atomic mass is 19.4. The molecule has 0 radical (unpaired) electrons. The van der Waals surface area contributed by atoms with Crippen molar-refractivity contribution in [3.63, 3.8) is 0 Å². The maximum absolute atomic E-state index is 13.3. The smallest absolute Gasteiger partial charge is 0.416 e. The molecule has 0 aromatic heterocycles. The van der Waals surface area contributed by atoms with Crippen molar-refractivity contribution in [3.8, 4) is 0 Å². The first kappa shape index (κ1) is 26.7. The van der Waals surface area contributed by atoms with E-state index in [9.17, 15) is 36.2 Å². The largest absolute Gasteiger partial charge is 0.465 e. The highest BCUT2D eigenvalue weighted by molar-refractivity contribution is 5.67. The third-order valence-corrected chi connectivity index (χ3v) is 6.16. The number of alkyl halides is 6. The van der Waals surface area contributed by atoms with Gasteiger partial charge in [-0.2, -0.15) is 26.3 Å². The van der Waals surface area contributed by atoms with E-state index in [0.29, 0.717) is 24.2 Å². The Labute approximate surface area is 200 Å². The molecule has 0 saturated heterocycles. The van der Waals surface area contributed by atoms with E-state index in [4.69, 9.17) is 0 Å². The van der Waals surface area contributed by atoms with Crippen molar-refractivity contribution in [3.05, 3.63) is 63.7 Å². The Bertz CT molecular complexity index is 1030. The number of hydrogen-bond acceptors (Lipinski definition) is 2. The lowest BCUT2D eigenvalue weighted by Gasteiger charge is -2.29. The van der Waals surface area contributed by atoms with Crippen LogP contribution in [0.1, 0.15) is 60.1 Å². The van der Waals surface area contributed by atoms with Crippen molar-refractivity contribution in [1.82, 2.24) is 4.90 Å². The first-order valence-electron chi connectivity index (χ1n) is 11.5. The fourth-order valence-electron chi connectivity index (χ4n) is 4.53. The zero-order chi connectivity index (χ0) is 26.0. The van der Waals surface area contributed by atoms with Crippen molar-refractivity contribution in [2.24, 2.45) is 0 Å². The van der Waals surface area contributed by atoms with Crippen molar-refractivity contribution < 1.29 is 36.2 Å². The van der Waals surface area contributed by atoms with Gasteiger partial charge in [0.2, 0.25) is 0 Å². The number of benzene rings is 2. The second-order valence-electron chi connectivity index (χ2n) is 8.74. The molecule has 1 amide bonds. The van der Waals surface area contributed by atoms with Crippen molar-refractivity contribution in [2.45, 2.75) is 65.0 Å². The number of carboxylic acid groups (broad SMARTS) is 1. The van der Waals surface area contributed by atoms with Gasteiger partial charge in [-0.15, -0.1) is 0 Å². The highest BCUT2D eigenvalue weighted by Crippen LogP contribution is 2.37. The van der Waals surface area contributed by atoms with Crippen LogP contribution in [-0.4, -0.2) is 29.2 Å². The summed E-state index contributed by atoms with van der Waals surface area (Å²) in [6.45, 7) is 4.63. The summed E-state index contributed by atoms with van der Waals surface area (Å²) in [6, 6.07) is 5.16. The lowest BCUT2D eigenvalue weighted by atomic mass is 10.0. The highest BCUT2D eigenvalue weighted by Gasteiger charge is 2.37. The SMILES string of the molecule is CCCN(CC)c1cc2c(cc1CN(Cc1cc(C(F)(F)F)cc(C(F)(F)F)c1)C(=O)O)CCC2. The molecule has 1 N–H and O–H groups in total. The van der Waals surface area contributed by atoms with E-state index in [0.717, 1.165) is 48.4 Å². The van der Waals surface area contributed by atoms with Crippen LogP contribution < -0.4 is 4.90 Å². The van der Waals surface area contributed by atoms with Gasteiger partial charge in [0.15, 0.2) is 0 Å². The topological polar surface area (TPSA) is 43.8 Å². The third kappa shape index (κ3) is 6.41. The monoisotopic (exact) mass is 502 g/mol. The molecule has 1 aliphatic rings. The summed E-state index contributed by atoms with van der Waals surface area (Å²) in [5.74, 6) is 0. The van der Waals surface area contributed by atoms with Crippen LogP contribution in [0.15, 0.2) is 30.3 Å². The van der Waals surface area contributed by atoms with Crippen LogP contribution in [0.2, 0.25) is 0 Å². The van der Waals surface area contributed by atoms with E-state index < -0.39 is 36.1 Å². The number of amides is 1. The summed E-state index contributed by atoms with van der Waals surface area (Å²) in [4.78, 5) is 15.0. The quantitative estimate of drug-likeness (QED) is 0.391. The standard InChI is InChI=1S/C25H28F6N2O2/c1-3-8-32(4-2)22-12-18-7-5-6-17(18)11-19(22)15-33(23(34)35)14-16-9-20(24(26,27)28)13-21(10-16)25(29,30)31/h9-13H,3-8,14-15H2,1-2H3,(H,34,35). The summed E-state index contributed by atoms with van der Waals surface area (Å²) in [5.41, 5.74) is 0.510. The number of anilines is 1. The molecular weight excluding hydrogens is 474 g/mol. The second-order valence-corrected chi connectivity index (χ2v) is 8.74. The molecule has 2 aromatic rings. The molecular formula is C25H28F6N2O2. The van der Waals surface area contributed by atoms with E-state index in [1.54, 1.807) is 0 Å². The van der Waals surface area contributed by atoms with E-state index >= 15 is 0 Å². The Hall–Kier alpha value is -2.91. The number of rotatable bonds is 8. The Kier molecular flexibility index (Phi) is 7.91. The average Bonchev–Trinajstić information content (AvgIpc) is 3.22. The molecule has 35 heavy (non-hydrogen) atoms. The van der Waals surface area contributed by atoms with Gasteiger partial charge in [0.1, 0.15) is 0 Å². The van der Waals surface area contributed by atoms with Crippen LogP contribution in [0, 0.1) is 0 Å². The van der Waals surface area contributed by atoms with E-state index in [-0.39, 0.29) is 18.2 Å². The first-order valence-corrected chi connectivity index (χ1v) is 11.5. The van der Waals surface area contributed by atoms with Crippen LogP contribution >= 0.6 is 0 Å². The third-order valence-electron chi connectivity index (χ3n) is 6.16. The molecule has 1 aliphatic carbocycles. The molecule has 10 heteroatoms. The van der Waals surface area contributed by atoms with Crippen LogP contribution in [0.4, 0.5) is 36.8 Å². The molecule has 0 heterocycles. The van der Waals surface area contributed by atoms with Gasteiger partial charge in [-0.05, 0) is 79.1 Å². The number of fused-ring (bicyclic) bond motifs is 1. The number of nitrogens with zero attached hydrogens (tertiary/aromatic N) is 2. The minimum atomic E-state index is -5.00. The maximum Gasteiger partial charge on any atom is 0.416 e. The zero-order valence-corrected chi connectivity index (χ0v) is 19.6. The Balaban J connectivity index is 2.00.